The average Bonchev–Trinajstić information content (AvgIpc) is 2.44. The van der Waals surface area contributed by atoms with Crippen LogP contribution in [0.3, 0.4) is 0 Å². The maximum atomic E-state index is 12.4. The number of aromatic nitrogens is 1. The molecule has 0 fully saturated rings. The van der Waals surface area contributed by atoms with Crippen LogP contribution in [0.1, 0.15) is 40.9 Å². The van der Waals surface area contributed by atoms with Gasteiger partial charge >= 0.3 is 0 Å². The van der Waals surface area contributed by atoms with Gasteiger partial charge in [-0.2, -0.15) is 0 Å². The minimum absolute atomic E-state index is 0.102. The van der Waals surface area contributed by atoms with Gasteiger partial charge in [0.05, 0.1) is 12.1 Å². The lowest BCUT2D eigenvalue weighted by Gasteiger charge is -2.10. The highest BCUT2D eigenvalue weighted by atomic mass is 16.1. The lowest BCUT2D eigenvalue weighted by atomic mass is 10.0. The zero-order chi connectivity index (χ0) is 15.6. The Morgan fingerprint density at radius 3 is 2.48 bits per heavy atom. The molecule has 0 saturated heterocycles. The topological polar surface area (TPSA) is 39.1 Å². The molecule has 0 aliphatic carbocycles. The maximum Gasteiger partial charge on any atom is 0.261 e. The minimum atomic E-state index is -0.213. The van der Waals surface area contributed by atoms with Crippen molar-refractivity contribution in [3.05, 3.63) is 69.1 Å². The fraction of sp³-hybridized carbons (Fsp3) is 0.333. The predicted octanol–water partition coefficient (Wildman–Crippen LogP) is 3.35. The summed E-state index contributed by atoms with van der Waals surface area (Å²) >= 11 is 0. The molecule has 0 amide bonds. The maximum absolute atomic E-state index is 12.4. The summed E-state index contributed by atoms with van der Waals surface area (Å²) in [6, 6.07) is 9.53. The highest BCUT2D eigenvalue weighted by Gasteiger charge is 2.15. The molecular formula is C18H21NO2. The molecule has 0 aliphatic heterocycles. The zero-order valence-electron chi connectivity index (χ0n) is 13.0. The molecule has 3 heteroatoms. The number of Topliss-reactive ketones (excluding diaryl/α,β-unsaturated/α-hetero) is 1. The Bertz CT molecular complexity index is 726. The van der Waals surface area contributed by atoms with Crippen molar-refractivity contribution in [3.8, 4) is 0 Å². The number of aryl methyl sites for hydroxylation is 2. The molecule has 110 valence electrons. The quantitative estimate of drug-likeness (QED) is 0.807. The van der Waals surface area contributed by atoms with E-state index < -0.39 is 0 Å². The lowest BCUT2D eigenvalue weighted by Crippen LogP contribution is -2.27. The molecule has 0 spiro atoms. The second kappa shape index (κ2) is 6.08. The number of rotatable bonds is 4. The number of hydrogen-bond acceptors (Lipinski definition) is 2. The van der Waals surface area contributed by atoms with Crippen molar-refractivity contribution in [1.82, 2.24) is 4.57 Å². The number of hydrogen-bond donors (Lipinski definition) is 0. The fourth-order valence-corrected chi connectivity index (χ4v) is 2.26. The molecule has 1 heterocycles. The monoisotopic (exact) mass is 283 g/mol. The van der Waals surface area contributed by atoms with Gasteiger partial charge in [-0.3, -0.25) is 9.59 Å². The Balaban J connectivity index is 2.37. The number of nitrogens with zero attached hydrogens (tertiary/aromatic N) is 1. The van der Waals surface area contributed by atoms with Crippen molar-refractivity contribution in [3.63, 3.8) is 0 Å². The first-order valence-corrected chi connectivity index (χ1v) is 7.20. The van der Waals surface area contributed by atoms with Gasteiger partial charge in [0.2, 0.25) is 0 Å². The van der Waals surface area contributed by atoms with Gasteiger partial charge < -0.3 is 4.57 Å². The van der Waals surface area contributed by atoms with Crippen LogP contribution in [0.25, 0.3) is 0 Å². The minimum Gasteiger partial charge on any atom is -0.310 e. The third kappa shape index (κ3) is 3.30. The second-order valence-corrected chi connectivity index (χ2v) is 5.79. The molecule has 0 radical (unpaired) electrons. The Hall–Kier alpha value is -2.16. The van der Waals surface area contributed by atoms with Crippen molar-refractivity contribution in [2.24, 2.45) is 5.92 Å². The summed E-state index contributed by atoms with van der Waals surface area (Å²) in [6.45, 7) is 8.22. The van der Waals surface area contributed by atoms with E-state index in [1.807, 2.05) is 19.9 Å². The molecule has 0 atom stereocenters. The molecule has 2 rings (SSSR count). The molecular weight excluding hydrogens is 262 g/mol. The first-order valence-electron chi connectivity index (χ1n) is 7.20. The van der Waals surface area contributed by atoms with Crippen molar-refractivity contribution in [1.29, 1.82) is 0 Å². The largest absolute Gasteiger partial charge is 0.310 e. The van der Waals surface area contributed by atoms with Gasteiger partial charge in [0.15, 0.2) is 5.78 Å². The normalized spacial score (nSPS) is 10.9. The SMILES string of the molecule is Cc1ccc(Cn2cccc(C(=O)C(C)C)c2=O)cc1C. The smallest absolute Gasteiger partial charge is 0.261 e. The molecule has 0 N–H and O–H groups in total. The molecule has 0 unspecified atom stereocenters. The van der Waals surface area contributed by atoms with Gasteiger partial charge in [-0.25, -0.2) is 0 Å². The number of carbonyl (C=O) groups excluding carboxylic acids is 1. The van der Waals surface area contributed by atoms with Crippen molar-refractivity contribution >= 4 is 5.78 Å². The van der Waals surface area contributed by atoms with E-state index in [-0.39, 0.29) is 22.8 Å². The standard InChI is InChI=1S/C18H21NO2/c1-12(2)17(20)16-6-5-9-19(18(16)21)11-15-8-7-13(3)14(4)10-15/h5-10,12H,11H2,1-4H3. The van der Waals surface area contributed by atoms with Crippen LogP contribution in [0.2, 0.25) is 0 Å². The number of pyridine rings is 1. The number of ketones is 1. The van der Waals surface area contributed by atoms with E-state index in [1.165, 1.54) is 11.1 Å². The highest BCUT2D eigenvalue weighted by molar-refractivity contribution is 5.97. The van der Waals surface area contributed by atoms with Gasteiger partial charge in [0, 0.05) is 12.1 Å². The Morgan fingerprint density at radius 2 is 1.86 bits per heavy atom. The van der Waals surface area contributed by atoms with Gasteiger partial charge in [-0.05, 0) is 42.7 Å². The van der Waals surface area contributed by atoms with Crippen LogP contribution >= 0.6 is 0 Å². The van der Waals surface area contributed by atoms with E-state index in [4.69, 9.17) is 0 Å². The third-order valence-electron chi connectivity index (χ3n) is 3.73. The van der Waals surface area contributed by atoms with Crippen LogP contribution in [-0.2, 0) is 6.54 Å². The van der Waals surface area contributed by atoms with Crippen molar-refractivity contribution in [2.75, 3.05) is 0 Å². The molecule has 21 heavy (non-hydrogen) atoms. The molecule has 0 bridgehead atoms. The summed E-state index contributed by atoms with van der Waals surface area (Å²) in [5.74, 6) is -0.274. The molecule has 0 aliphatic rings. The summed E-state index contributed by atoms with van der Waals surface area (Å²) in [5.41, 5.74) is 3.56. The number of carbonyl (C=O) groups is 1. The lowest BCUT2D eigenvalue weighted by molar-refractivity contribution is 0.0937. The summed E-state index contributed by atoms with van der Waals surface area (Å²) < 4.78 is 1.60. The van der Waals surface area contributed by atoms with Crippen LogP contribution in [0.15, 0.2) is 41.3 Å². The van der Waals surface area contributed by atoms with Crippen LogP contribution in [0.4, 0.5) is 0 Å². The van der Waals surface area contributed by atoms with Crippen LogP contribution < -0.4 is 5.56 Å². The summed E-state index contributed by atoms with van der Waals surface area (Å²) in [6.07, 6.45) is 1.73. The van der Waals surface area contributed by atoms with Gasteiger partial charge in [-0.1, -0.05) is 32.0 Å². The van der Waals surface area contributed by atoms with E-state index >= 15 is 0 Å². The Kier molecular flexibility index (Phi) is 4.41. The average molecular weight is 283 g/mol. The van der Waals surface area contributed by atoms with E-state index in [0.29, 0.717) is 6.54 Å². The number of benzene rings is 1. The van der Waals surface area contributed by atoms with E-state index in [9.17, 15) is 9.59 Å². The summed E-state index contributed by atoms with van der Waals surface area (Å²) in [5, 5.41) is 0. The van der Waals surface area contributed by atoms with Crippen LogP contribution in [0, 0.1) is 19.8 Å². The predicted molar refractivity (Wildman–Crippen MR) is 84.9 cm³/mol. The van der Waals surface area contributed by atoms with E-state index in [2.05, 4.69) is 26.0 Å². The molecule has 2 aromatic rings. The highest BCUT2D eigenvalue weighted by Crippen LogP contribution is 2.11. The fourth-order valence-electron chi connectivity index (χ4n) is 2.26. The van der Waals surface area contributed by atoms with Gasteiger partial charge in [0.1, 0.15) is 0 Å². The van der Waals surface area contributed by atoms with Crippen molar-refractivity contribution < 1.29 is 4.79 Å². The summed E-state index contributed by atoms with van der Waals surface area (Å²) in [4.78, 5) is 24.5. The molecule has 0 saturated carbocycles. The first-order chi connectivity index (χ1) is 9.90. The first kappa shape index (κ1) is 15.2. The van der Waals surface area contributed by atoms with Gasteiger partial charge in [-0.15, -0.1) is 0 Å². The third-order valence-corrected chi connectivity index (χ3v) is 3.73. The molecule has 3 nitrogen and oxygen atoms in total. The molecule has 1 aromatic heterocycles. The van der Waals surface area contributed by atoms with Crippen molar-refractivity contribution in [2.45, 2.75) is 34.2 Å². The van der Waals surface area contributed by atoms with Gasteiger partial charge in [0.25, 0.3) is 5.56 Å². The molecule has 1 aromatic carbocycles. The summed E-state index contributed by atoms with van der Waals surface area (Å²) in [7, 11) is 0. The zero-order valence-corrected chi connectivity index (χ0v) is 13.0. The van der Waals surface area contributed by atoms with E-state index in [1.54, 1.807) is 22.9 Å². The second-order valence-electron chi connectivity index (χ2n) is 5.79. The van der Waals surface area contributed by atoms with E-state index in [0.717, 1.165) is 5.56 Å². The Morgan fingerprint density at radius 1 is 1.14 bits per heavy atom. The van der Waals surface area contributed by atoms with Crippen LogP contribution in [0.5, 0.6) is 0 Å². The Labute approximate surface area is 125 Å². The van der Waals surface area contributed by atoms with Crippen LogP contribution in [-0.4, -0.2) is 10.4 Å².